The lowest BCUT2D eigenvalue weighted by Crippen LogP contribution is -2.47. The van der Waals surface area contributed by atoms with E-state index >= 15 is 0 Å². The van der Waals surface area contributed by atoms with E-state index in [-0.39, 0.29) is 17.7 Å². The highest BCUT2D eigenvalue weighted by Crippen LogP contribution is 2.22. The van der Waals surface area contributed by atoms with Crippen molar-refractivity contribution >= 4 is 23.4 Å². The molecule has 25 heavy (non-hydrogen) atoms. The maximum absolute atomic E-state index is 12.7. The lowest BCUT2D eigenvalue weighted by atomic mass is 9.95. The van der Waals surface area contributed by atoms with Gasteiger partial charge in [-0.2, -0.15) is 0 Å². The van der Waals surface area contributed by atoms with Crippen molar-refractivity contribution in [3.8, 4) is 0 Å². The molecule has 136 valence electrons. The smallest absolute Gasteiger partial charge is 0.253 e. The Morgan fingerprint density at radius 3 is 2.32 bits per heavy atom. The van der Waals surface area contributed by atoms with Gasteiger partial charge in [0, 0.05) is 29.7 Å². The zero-order valence-corrected chi connectivity index (χ0v) is 15.4. The van der Waals surface area contributed by atoms with Gasteiger partial charge in [0.15, 0.2) is 0 Å². The molecule has 1 N–H and O–H groups in total. The molecular formula is C20H27ClN2O2. The third kappa shape index (κ3) is 4.97. The monoisotopic (exact) mass is 362 g/mol. The molecule has 1 heterocycles. The number of amides is 2. The summed E-state index contributed by atoms with van der Waals surface area (Å²) in [5.41, 5.74) is 0.634. The first kappa shape index (κ1) is 18.2. The molecule has 1 aliphatic heterocycles. The molecule has 0 unspecified atom stereocenters. The van der Waals surface area contributed by atoms with Crippen molar-refractivity contribution in [2.24, 2.45) is 5.92 Å². The first-order valence-corrected chi connectivity index (χ1v) is 9.86. The summed E-state index contributed by atoms with van der Waals surface area (Å²) in [4.78, 5) is 27.1. The molecule has 0 radical (unpaired) electrons. The normalized spacial score (nSPS) is 22.3. The highest BCUT2D eigenvalue weighted by molar-refractivity contribution is 6.30. The summed E-state index contributed by atoms with van der Waals surface area (Å²) < 4.78 is 0. The molecule has 0 aromatic heterocycles. The number of benzene rings is 1. The second kappa shape index (κ2) is 8.70. The van der Waals surface area contributed by atoms with Gasteiger partial charge in [-0.05, 0) is 49.9 Å². The van der Waals surface area contributed by atoms with Crippen molar-refractivity contribution in [2.45, 2.75) is 57.4 Å². The zero-order valence-electron chi connectivity index (χ0n) is 14.7. The van der Waals surface area contributed by atoms with Crippen LogP contribution in [0.3, 0.4) is 0 Å². The Morgan fingerprint density at radius 2 is 1.64 bits per heavy atom. The van der Waals surface area contributed by atoms with E-state index in [1.807, 2.05) is 4.90 Å². The quantitative estimate of drug-likeness (QED) is 0.825. The molecule has 0 bridgehead atoms. The molecule has 1 aromatic carbocycles. The van der Waals surface area contributed by atoms with Crippen LogP contribution < -0.4 is 5.32 Å². The summed E-state index contributed by atoms with van der Waals surface area (Å²) in [6.45, 7) is 1.23. The van der Waals surface area contributed by atoms with Gasteiger partial charge < -0.3 is 10.2 Å². The number of hydrogen-bond donors (Lipinski definition) is 1. The summed E-state index contributed by atoms with van der Waals surface area (Å²) in [5.74, 6) is 0.0254. The van der Waals surface area contributed by atoms with E-state index in [4.69, 9.17) is 11.6 Å². The van der Waals surface area contributed by atoms with Crippen molar-refractivity contribution in [2.75, 3.05) is 13.1 Å². The van der Waals surface area contributed by atoms with Crippen LogP contribution in [0.15, 0.2) is 24.3 Å². The van der Waals surface area contributed by atoms with Crippen LogP contribution in [0, 0.1) is 5.92 Å². The van der Waals surface area contributed by atoms with Gasteiger partial charge in [0.1, 0.15) is 0 Å². The van der Waals surface area contributed by atoms with Crippen LogP contribution in [-0.2, 0) is 4.79 Å². The molecule has 0 spiro atoms. The summed E-state index contributed by atoms with van der Waals surface area (Å²) in [6.07, 6.45) is 8.88. The highest BCUT2D eigenvalue weighted by Gasteiger charge is 2.30. The highest BCUT2D eigenvalue weighted by atomic mass is 35.5. The molecule has 1 aliphatic carbocycles. The van der Waals surface area contributed by atoms with E-state index in [0.717, 1.165) is 25.7 Å². The Kier molecular flexibility index (Phi) is 6.35. The molecule has 5 heteroatoms. The van der Waals surface area contributed by atoms with E-state index in [9.17, 15) is 9.59 Å². The first-order valence-electron chi connectivity index (χ1n) is 9.49. The van der Waals surface area contributed by atoms with E-state index in [2.05, 4.69) is 5.32 Å². The predicted molar refractivity (Wildman–Crippen MR) is 99.7 cm³/mol. The lowest BCUT2D eigenvalue weighted by molar-refractivity contribution is -0.127. The Bertz CT molecular complexity index is 594. The number of carbonyl (C=O) groups excluding carboxylic acids is 2. The van der Waals surface area contributed by atoms with E-state index in [0.29, 0.717) is 29.7 Å². The average Bonchev–Trinajstić information content (AvgIpc) is 2.90. The van der Waals surface area contributed by atoms with Gasteiger partial charge in [0.25, 0.3) is 5.91 Å². The number of hydrogen-bond acceptors (Lipinski definition) is 2. The minimum absolute atomic E-state index is 0.0105. The number of nitrogens with one attached hydrogen (secondary N) is 1. The molecule has 3 rings (SSSR count). The second-order valence-corrected chi connectivity index (χ2v) is 7.73. The molecule has 4 nitrogen and oxygen atoms in total. The lowest BCUT2D eigenvalue weighted by Gasteiger charge is -2.33. The maximum Gasteiger partial charge on any atom is 0.253 e. The molecule has 2 aliphatic rings. The van der Waals surface area contributed by atoms with Gasteiger partial charge in [-0.3, -0.25) is 9.59 Å². The summed E-state index contributed by atoms with van der Waals surface area (Å²) in [6, 6.07) is 7.28. The minimum Gasteiger partial charge on any atom is -0.353 e. The molecular weight excluding hydrogens is 336 g/mol. The van der Waals surface area contributed by atoms with Crippen LogP contribution in [0.2, 0.25) is 5.02 Å². The van der Waals surface area contributed by atoms with Crippen molar-refractivity contribution in [1.29, 1.82) is 0 Å². The van der Waals surface area contributed by atoms with Crippen LogP contribution in [0.4, 0.5) is 0 Å². The molecule has 1 atom stereocenters. The van der Waals surface area contributed by atoms with Crippen molar-refractivity contribution in [3.63, 3.8) is 0 Å². The number of piperidine rings is 1. The number of likely N-dealkylation sites (tertiary alicyclic amines) is 1. The van der Waals surface area contributed by atoms with Gasteiger partial charge in [-0.25, -0.2) is 0 Å². The molecule has 2 fully saturated rings. The van der Waals surface area contributed by atoms with Crippen LogP contribution in [0.25, 0.3) is 0 Å². The summed E-state index contributed by atoms with van der Waals surface area (Å²) in [5, 5.41) is 3.86. The van der Waals surface area contributed by atoms with Crippen molar-refractivity contribution in [1.82, 2.24) is 10.2 Å². The number of rotatable bonds is 3. The van der Waals surface area contributed by atoms with Gasteiger partial charge in [0.05, 0.1) is 5.92 Å². The molecule has 2 amide bonds. The first-order chi connectivity index (χ1) is 12.1. The SMILES string of the molecule is O=C(NC1CCCCCC1)[C@@H]1CCCN(C(=O)c2ccc(Cl)cc2)C1. The van der Waals surface area contributed by atoms with Crippen LogP contribution in [0.1, 0.15) is 61.7 Å². The van der Waals surface area contributed by atoms with E-state index < -0.39 is 0 Å². The number of carbonyl (C=O) groups is 2. The van der Waals surface area contributed by atoms with Crippen molar-refractivity contribution in [3.05, 3.63) is 34.9 Å². The number of halogens is 1. The fraction of sp³-hybridized carbons (Fsp3) is 0.600. The van der Waals surface area contributed by atoms with Crippen LogP contribution >= 0.6 is 11.6 Å². The maximum atomic E-state index is 12.7. The van der Waals surface area contributed by atoms with Crippen LogP contribution in [0.5, 0.6) is 0 Å². The minimum atomic E-state index is -0.0896. The molecule has 1 saturated carbocycles. The van der Waals surface area contributed by atoms with Gasteiger partial charge in [0.2, 0.25) is 5.91 Å². The Labute approximate surface area is 154 Å². The third-order valence-electron chi connectivity index (χ3n) is 5.37. The van der Waals surface area contributed by atoms with Gasteiger partial charge in [-0.1, -0.05) is 37.3 Å². The van der Waals surface area contributed by atoms with Gasteiger partial charge >= 0.3 is 0 Å². The van der Waals surface area contributed by atoms with E-state index in [1.165, 1.54) is 25.7 Å². The summed E-state index contributed by atoms with van der Waals surface area (Å²) >= 11 is 5.89. The third-order valence-corrected chi connectivity index (χ3v) is 5.62. The zero-order chi connectivity index (χ0) is 17.6. The fourth-order valence-electron chi connectivity index (χ4n) is 3.89. The molecule has 1 aromatic rings. The Hall–Kier alpha value is -1.55. The van der Waals surface area contributed by atoms with Crippen molar-refractivity contribution < 1.29 is 9.59 Å². The van der Waals surface area contributed by atoms with Gasteiger partial charge in [-0.15, -0.1) is 0 Å². The Morgan fingerprint density at radius 1 is 0.960 bits per heavy atom. The van der Waals surface area contributed by atoms with E-state index in [1.54, 1.807) is 24.3 Å². The average molecular weight is 363 g/mol. The topological polar surface area (TPSA) is 49.4 Å². The Balaban J connectivity index is 1.57. The predicted octanol–water partition coefficient (Wildman–Crippen LogP) is 4.03. The van der Waals surface area contributed by atoms with Crippen LogP contribution in [-0.4, -0.2) is 35.8 Å². The standard InChI is InChI=1S/C20H27ClN2O2/c21-17-11-9-15(10-12-17)20(25)23-13-5-6-16(14-23)19(24)22-18-7-3-1-2-4-8-18/h9-12,16,18H,1-8,13-14H2,(H,22,24)/t16-/m1/s1. The number of nitrogens with zero attached hydrogens (tertiary/aromatic N) is 1. The summed E-state index contributed by atoms with van der Waals surface area (Å²) in [7, 11) is 0. The fourth-order valence-corrected chi connectivity index (χ4v) is 4.02. The second-order valence-electron chi connectivity index (χ2n) is 7.29. The largest absolute Gasteiger partial charge is 0.353 e. The molecule has 1 saturated heterocycles.